The Morgan fingerprint density at radius 2 is 2.24 bits per heavy atom. The Hall–Kier alpha value is -2.43. The number of aromatic amines is 1. The topological polar surface area (TPSA) is 117 Å². The van der Waals surface area contributed by atoms with Crippen LogP contribution in [-0.2, 0) is 16.6 Å². The molecule has 21 heavy (non-hydrogen) atoms. The zero-order chi connectivity index (χ0) is 15.6. The van der Waals surface area contributed by atoms with E-state index in [-0.39, 0.29) is 16.4 Å². The summed E-state index contributed by atoms with van der Waals surface area (Å²) in [6.07, 6.45) is -0.414. The van der Waals surface area contributed by atoms with Gasteiger partial charge in [0.2, 0.25) is 0 Å². The van der Waals surface area contributed by atoms with Crippen LogP contribution in [0.5, 0.6) is 0 Å². The number of carboxylic acid groups (broad SMARTS) is 1. The third-order valence-electron chi connectivity index (χ3n) is 2.40. The number of aromatic nitrogens is 3. The SMILES string of the molecule is O=C(O)c1cc(S(=O)(=O)Nc2ccn(CC(F)F)n2)c[nH]1. The molecular formula is C10H10F2N4O4S. The van der Waals surface area contributed by atoms with E-state index in [9.17, 15) is 22.0 Å². The van der Waals surface area contributed by atoms with E-state index in [2.05, 4.69) is 14.8 Å². The molecule has 8 nitrogen and oxygen atoms in total. The van der Waals surface area contributed by atoms with Crippen LogP contribution in [-0.4, -0.2) is 40.7 Å². The summed E-state index contributed by atoms with van der Waals surface area (Å²) in [7, 11) is -4.05. The van der Waals surface area contributed by atoms with Crippen LogP contribution in [0.25, 0.3) is 0 Å². The highest BCUT2D eigenvalue weighted by atomic mass is 32.2. The first-order valence-corrected chi connectivity index (χ1v) is 7.02. The molecule has 0 saturated heterocycles. The number of sulfonamides is 1. The molecule has 114 valence electrons. The summed E-state index contributed by atoms with van der Waals surface area (Å²) in [5.41, 5.74) is -0.293. The van der Waals surface area contributed by atoms with Gasteiger partial charge in [0.25, 0.3) is 16.4 Å². The van der Waals surface area contributed by atoms with Gasteiger partial charge in [0.05, 0.1) is 0 Å². The van der Waals surface area contributed by atoms with E-state index in [0.717, 1.165) is 16.9 Å². The maximum atomic E-state index is 12.2. The monoisotopic (exact) mass is 320 g/mol. The number of anilines is 1. The molecule has 11 heteroatoms. The van der Waals surface area contributed by atoms with Gasteiger partial charge >= 0.3 is 5.97 Å². The van der Waals surface area contributed by atoms with Crippen LogP contribution >= 0.6 is 0 Å². The number of rotatable bonds is 6. The minimum absolute atomic E-state index is 0.145. The molecule has 0 aliphatic carbocycles. The fourth-order valence-electron chi connectivity index (χ4n) is 1.51. The van der Waals surface area contributed by atoms with Crippen LogP contribution in [0.3, 0.4) is 0 Å². The van der Waals surface area contributed by atoms with Crippen molar-refractivity contribution in [2.75, 3.05) is 4.72 Å². The number of alkyl halides is 2. The summed E-state index contributed by atoms with van der Waals surface area (Å²) in [5.74, 6) is -1.45. The quantitative estimate of drug-likeness (QED) is 0.733. The minimum atomic E-state index is -4.05. The molecule has 0 spiro atoms. The molecule has 0 fully saturated rings. The lowest BCUT2D eigenvalue weighted by Crippen LogP contribution is -2.14. The lowest BCUT2D eigenvalue weighted by atomic mass is 10.4. The number of H-pyrrole nitrogens is 1. The second-order valence-electron chi connectivity index (χ2n) is 3.97. The molecular weight excluding hydrogens is 310 g/mol. The molecule has 2 rings (SSSR count). The summed E-state index contributed by atoms with van der Waals surface area (Å²) in [5, 5.41) is 12.3. The number of halogens is 2. The number of nitrogens with zero attached hydrogens (tertiary/aromatic N) is 2. The standard InChI is InChI=1S/C10H10F2N4O4S/c11-8(12)5-16-2-1-9(14-16)15-21(19,20)6-3-7(10(17)18)13-4-6/h1-4,8,13H,5H2,(H,14,15)(H,17,18). The van der Waals surface area contributed by atoms with Crippen molar-refractivity contribution < 1.29 is 27.1 Å². The van der Waals surface area contributed by atoms with E-state index in [4.69, 9.17) is 5.11 Å². The second-order valence-corrected chi connectivity index (χ2v) is 5.66. The Morgan fingerprint density at radius 3 is 2.81 bits per heavy atom. The molecule has 0 unspecified atom stereocenters. The van der Waals surface area contributed by atoms with Gasteiger partial charge in [-0.1, -0.05) is 0 Å². The summed E-state index contributed by atoms with van der Waals surface area (Å²) >= 11 is 0. The summed E-state index contributed by atoms with van der Waals surface area (Å²) in [6.45, 7) is -0.658. The molecule has 0 amide bonds. The molecule has 3 N–H and O–H groups in total. The van der Waals surface area contributed by atoms with E-state index < -0.39 is 29.0 Å². The number of carboxylic acids is 1. The predicted molar refractivity (Wildman–Crippen MR) is 66.8 cm³/mol. The van der Waals surface area contributed by atoms with Crippen LogP contribution in [0.4, 0.5) is 14.6 Å². The Kier molecular flexibility index (Phi) is 3.93. The Bertz CT molecular complexity index is 753. The fraction of sp³-hybridized carbons (Fsp3) is 0.200. The smallest absolute Gasteiger partial charge is 0.352 e. The van der Waals surface area contributed by atoms with Crippen LogP contribution in [0.2, 0.25) is 0 Å². The average molecular weight is 320 g/mol. The molecule has 2 heterocycles. The average Bonchev–Trinajstić information content (AvgIpc) is 2.97. The molecule has 0 saturated carbocycles. The molecule has 0 bridgehead atoms. The zero-order valence-electron chi connectivity index (χ0n) is 10.3. The van der Waals surface area contributed by atoms with Crippen LogP contribution < -0.4 is 4.72 Å². The predicted octanol–water partition coefficient (Wildman–Crippen LogP) is 0.975. The summed E-state index contributed by atoms with van der Waals surface area (Å²) < 4.78 is 51.2. The van der Waals surface area contributed by atoms with Gasteiger partial charge in [0, 0.05) is 18.5 Å². The Balaban J connectivity index is 2.16. The minimum Gasteiger partial charge on any atom is -0.477 e. The number of hydrogen-bond acceptors (Lipinski definition) is 4. The van der Waals surface area contributed by atoms with E-state index in [1.165, 1.54) is 12.3 Å². The summed E-state index contributed by atoms with van der Waals surface area (Å²) in [4.78, 5) is 12.7. The second kappa shape index (κ2) is 5.52. The molecule has 0 radical (unpaired) electrons. The van der Waals surface area contributed by atoms with Gasteiger partial charge in [-0.25, -0.2) is 22.0 Å². The molecule has 2 aromatic rings. The van der Waals surface area contributed by atoms with Gasteiger partial charge in [-0.3, -0.25) is 9.40 Å². The van der Waals surface area contributed by atoms with E-state index >= 15 is 0 Å². The highest BCUT2D eigenvalue weighted by Gasteiger charge is 2.19. The zero-order valence-corrected chi connectivity index (χ0v) is 11.1. The molecule has 0 atom stereocenters. The van der Waals surface area contributed by atoms with Crippen molar-refractivity contribution in [1.82, 2.24) is 14.8 Å². The largest absolute Gasteiger partial charge is 0.477 e. The molecule has 2 aromatic heterocycles. The molecule has 0 aliphatic heterocycles. The normalized spacial score (nSPS) is 11.8. The lowest BCUT2D eigenvalue weighted by molar-refractivity contribution is 0.0691. The number of aromatic carboxylic acids is 1. The number of carbonyl (C=O) groups is 1. The summed E-state index contributed by atoms with van der Waals surface area (Å²) in [6, 6.07) is 2.14. The lowest BCUT2D eigenvalue weighted by Gasteiger charge is -2.03. The van der Waals surface area contributed by atoms with Crippen molar-refractivity contribution in [2.24, 2.45) is 0 Å². The van der Waals surface area contributed by atoms with Gasteiger partial charge in [0.1, 0.15) is 17.1 Å². The third-order valence-corrected chi connectivity index (χ3v) is 3.74. The van der Waals surface area contributed by atoms with Crippen molar-refractivity contribution in [3.05, 3.63) is 30.2 Å². The van der Waals surface area contributed by atoms with Gasteiger partial charge in [0.15, 0.2) is 5.82 Å². The van der Waals surface area contributed by atoms with Crippen molar-refractivity contribution in [1.29, 1.82) is 0 Å². The van der Waals surface area contributed by atoms with Gasteiger partial charge in [-0.2, -0.15) is 5.10 Å². The first-order valence-electron chi connectivity index (χ1n) is 5.54. The number of nitrogens with one attached hydrogen (secondary N) is 2. The fourth-order valence-corrected chi connectivity index (χ4v) is 2.50. The maximum absolute atomic E-state index is 12.2. The Morgan fingerprint density at radius 1 is 1.52 bits per heavy atom. The van der Waals surface area contributed by atoms with Crippen LogP contribution in [0, 0.1) is 0 Å². The van der Waals surface area contributed by atoms with E-state index in [1.807, 2.05) is 0 Å². The van der Waals surface area contributed by atoms with E-state index in [0.29, 0.717) is 0 Å². The highest BCUT2D eigenvalue weighted by Crippen LogP contribution is 2.15. The Labute approximate surface area is 117 Å². The van der Waals surface area contributed by atoms with Crippen LogP contribution in [0.15, 0.2) is 29.4 Å². The van der Waals surface area contributed by atoms with Crippen molar-refractivity contribution in [3.8, 4) is 0 Å². The third kappa shape index (κ3) is 3.56. The van der Waals surface area contributed by atoms with Gasteiger partial charge in [-0.15, -0.1) is 0 Å². The van der Waals surface area contributed by atoms with E-state index in [1.54, 1.807) is 0 Å². The molecule has 0 aliphatic rings. The van der Waals surface area contributed by atoms with Crippen molar-refractivity contribution >= 4 is 21.8 Å². The highest BCUT2D eigenvalue weighted by molar-refractivity contribution is 7.92. The van der Waals surface area contributed by atoms with Gasteiger partial charge < -0.3 is 10.1 Å². The maximum Gasteiger partial charge on any atom is 0.352 e. The number of hydrogen-bond donors (Lipinski definition) is 3. The van der Waals surface area contributed by atoms with Crippen LogP contribution in [0.1, 0.15) is 10.5 Å². The van der Waals surface area contributed by atoms with Crippen molar-refractivity contribution in [3.63, 3.8) is 0 Å². The first-order chi connectivity index (χ1) is 9.78. The molecule has 0 aromatic carbocycles. The van der Waals surface area contributed by atoms with Gasteiger partial charge in [-0.05, 0) is 6.07 Å². The van der Waals surface area contributed by atoms with Crippen molar-refractivity contribution in [2.45, 2.75) is 17.9 Å². The first kappa shape index (κ1) is 15.0.